The van der Waals surface area contributed by atoms with Gasteiger partial charge in [-0.1, -0.05) is 23.5 Å². The monoisotopic (exact) mass is 449 g/mol. The van der Waals surface area contributed by atoms with E-state index in [2.05, 4.69) is 25.8 Å². The van der Waals surface area contributed by atoms with Gasteiger partial charge >= 0.3 is 0 Å². The van der Waals surface area contributed by atoms with E-state index in [0.29, 0.717) is 16.6 Å². The number of carbonyl (C=O) groups is 2. The average molecular weight is 450 g/mol. The number of hydrogen-bond donors (Lipinski definition) is 1. The third-order valence-electron chi connectivity index (χ3n) is 4.34. The number of nitrogens with one attached hydrogen (secondary N) is 1. The quantitative estimate of drug-likeness (QED) is 0.548. The molecule has 2 amide bonds. The molecule has 1 N–H and O–H groups in total. The van der Waals surface area contributed by atoms with Gasteiger partial charge < -0.3 is 10.2 Å². The highest BCUT2D eigenvalue weighted by Gasteiger charge is 2.18. The average Bonchev–Trinajstić information content (AvgIpc) is 3.45. The summed E-state index contributed by atoms with van der Waals surface area (Å²) in [4.78, 5) is 30.9. The first-order chi connectivity index (χ1) is 14.1. The van der Waals surface area contributed by atoms with Crippen LogP contribution in [0.2, 0.25) is 0 Å². The zero-order valence-electron chi connectivity index (χ0n) is 15.7. The second kappa shape index (κ2) is 9.09. The lowest BCUT2D eigenvalue weighted by molar-refractivity contribution is -0.127. The number of thiazole rings is 1. The van der Waals surface area contributed by atoms with Crippen molar-refractivity contribution < 1.29 is 9.59 Å². The molecule has 0 spiro atoms. The molecule has 152 valence electrons. The Morgan fingerprint density at radius 2 is 2.03 bits per heavy atom. The smallest absolute Gasteiger partial charge is 0.234 e. The third kappa shape index (κ3) is 5.06. The molecule has 1 aromatic carbocycles. The summed E-state index contributed by atoms with van der Waals surface area (Å²) in [6.07, 6.45) is 2.19. The maximum Gasteiger partial charge on any atom is 0.234 e. The summed E-state index contributed by atoms with van der Waals surface area (Å²) >= 11 is 4.28. The highest BCUT2D eigenvalue weighted by atomic mass is 32.2. The van der Waals surface area contributed by atoms with Crippen LogP contribution in [-0.4, -0.2) is 66.5 Å². The van der Waals surface area contributed by atoms with Gasteiger partial charge in [-0.2, -0.15) is 0 Å². The molecule has 4 rings (SSSR count). The molecule has 0 saturated carbocycles. The normalized spacial score (nSPS) is 13.9. The number of fused-ring (bicyclic) bond motifs is 1. The minimum absolute atomic E-state index is 0.132. The predicted molar refractivity (Wildman–Crippen MR) is 114 cm³/mol. The van der Waals surface area contributed by atoms with Gasteiger partial charge in [-0.15, -0.1) is 16.4 Å². The molecule has 12 heteroatoms. The topological polar surface area (TPSA) is 106 Å². The molecule has 0 radical (unpaired) electrons. The minimum atomic E-state index is -0.132. The van der Waals surface area contributed by atoms with Crippen LogP contribution in [0.25, 0.3) is 10.2 Å². The minimum Gasteiger partial charge on any atom is -0.342 e. The highest BCUT2D eigenvalue weighted by Crippen LogP contribution is 2.31. The van der Waals surface area contributed by atoms with Crippen LogP contribution in [0.15, 0.2) is 27.7 Å². The van der Waals surface area contributed by atoms with E-state index in [9.17, 15) is 9.59 Å². The van der Waals surface area contributed by atoms with Crippen molar-refractivity contribution in [3.8, 4) is 0 Å². The Kier molecular flexibility index (Phi) is 6.31. The summed E-state index contributed by atoms with van der Waals surface area (Å²) in [6, 6.07) is 5.62. The Balaban J connectivity index is 1.33. The fourth-order valence-electron chi connectivity index (χ4n) is 2.89. The summed E-state index contributed by atoms with van der Waals surface area (Å²) < 4.78 is 3.36. The van der Waals surface area contributed by atoms with Gasteiger partial charge in [-0.05, 0) is 41.5 Å². The second-order valence-electron chi connectivity index (χ2n) is 6.46. The van der Waals surface area contributed by atoms with E-state index in [-0.39, 0.29) is 17.6 Å². The number of tetrazole rings is 1. The van der Waals surface area contributed by atoms with E-state index in [4.69, 9.17) is 0 Å². The fourth-order valence-corrected chi connectivity index (χ4v) is 5.56. The predicted octanol–water partition coefficient (Wildman–Crippen LogP) is 2.27. The maximum atomic E-state index is 12.2. The highest BCUT2D eigenvalue weighted by molar-refractivity contribution is 8.01. The molecule has 0 aliphatic carbocycles. The molecule has 0 bridgehead atoms. The Labute approximate surface area is 179 Å². The van der Waals surface area contributed by atoms with Crippen molar-refractivity contribution in [3.05, 3.63) is 18.2 Å². The number of nitrogens with zero attached hydrogens (tertiary/aromatic N) is 6. The lowest BCUT2D eigenvalue weighted by Crippen LogP contribution is -2.29. The fraction of sp³-hybridized carbons (Fsp3) is 0.412. The van der Waals surface area contributed by atoms with E-state index in [1.807, 2.05) is 23.1 Å². The van der Waals surface area contributed by atoms with Crippen molar-refractivity contribution in [2.45, 2.75) is 22.3 Å². The molecule has 3 aromatic rings. The maximum absolute atomic E-state index is 12.2. The van der Waals surface area contributed by atoms with Crippen LogP contribution in [0.5, 0.6) is 0 Å². The molecular formula is C17H19N7O2S3. The van der Waals surface area contributed by atoms with Crippen LogP contribution in [0.3, 0.4) is 0 Å². The van der Waals surface area contributed by atoms with Gasteiger partial charge in [-0.25, -0.2) is 9.67 Å². The van der Waals surface area contributed by atoms with Gasteiger partial charge in [0.15, 0.2) is 4.34 Å². The lowest BCUT2D eigenvalue weighted by atomic mass is 10.3. The number of benzene rings is 1. The molecule has 2 aromatic heterocycles. The van der Waals surface area contributed by atoms with Crippen molar-refractivity contribution in [1.82, 2.24) is 30.1 Å². The Bertz CT molecular complexity index is 1030. The van der Waals surface area contributed by atoms with Crippen LogP contribution in [-0.2, 0) is 16.6 Å². The number of likely N-dealkylation sites (tertiary alicyclic amines) is 1. The zero-order valence-corrected chi connectivity index (χ0v) is 18.1. The summed E-state index contributed by atoms with van der Waals surface area (Å²) in [6.45, 7) is 1.74. The van der Waals surface area contributed by atoms with Gasteiger partial charge in [0, 0.05) is 25.8 Å². The second-order valence-corrected chi connectivity index (χ2v) is 9.66. The van der Waals surface area contributed by atoms with Crippen LogP contribution in [0.4, 0.5) is 5.69 Å². The van der Waals surface area contributed by atoms with Crippen LogP contribution in [0.1, 0.15) is 12.8 Å². The molecule has 0 unspecified atom stereocenters. The van der Waals surface area contributed by atoms with Gasteiger partial charge in [0.25, 0.3) is 0 Å². The largest absolute Gasteiger partial charge is 0.342 e. The van der Waals surface area contributed by atoms with Gasteiger partial charge in [0.1, 0.15) is 0 Å². The van der Waals surface area contributed by atoms with Gasteiger partial charge in [-0.3, -0.25) is 9.59 Å². The number of anilines is 1. The van der Waals surface area contributed by atoms with Gasteiger partial charge in [0.05, 0.1) is 21.7 Å². The van der Waals surface area contributed by atoms with Crippen molar-refractivity contribution >= 4 is 62.6 Å². The van der Waals surface area contributed by atoms with Crippen LogP contribution in [0, 0.1) is 0 Å². The number of rotatable bonds is 7. The van der Waals surface area contributed by atoms with Crippen molar-refractivity contribution in [2.24, 2.45) is 7.05 Å². The molecule has 1 aliphatic rings. The SMILES string of the molecule is Cn1nnnc1SCC(=O)Nc1ccc2nc(SCC(=O)N3CCCC3)sc2c1. The first-order valence-electron chi connectivity index (χ1n) is 9.04. The van der Waals surface area contributed by atoms with E-state index >= 15 is 0 Å². The number of aryl methyl sites for hydroxylation is 1. The Morgan fingerprint density at radius 1 is 1.21 bits per heavy atom. The number of hydrogen-bond acceptors (Lipinski definition) is 9. The van der Waals surface area contributed by atoms with Crippen molar-refractivity contribution in [3.63, 3.8) is 0 Å². The van der Waals surface area contributed by atoms with Crippen molar-refractivity contribution in [1.29, 1.82) is 0 Å². The van der Waals surface area contributed by atoms with Crippen LogP contribution < -0.4 is 5.32 Å². The van der Waals surface area contributed by atoms with Gasteiger partial charge in [0.2, 0.25) is 17.0 Å². The summed E-state index contributed by atoms with van der Waals surface area (Å²) in [5.41, 5.74) is 1.58. The first-order valence-corrected chi connectivity index (χ1v) is 11.8. The molecule has 3 heterocycles. The first kappa shape index (κ1) is 20.1. The molecule has 29 heavy (non-hydrogen) atoms. The molecule has 1 fully saturated rings. The zero-order chi connectivity index (χ0) is 20.2. The Morgan fingerprint density at radius 3 is 2.79 bits per heavy atom. The number of thioether (sulfide) groups is 2. The molecule has 1 aliphatic heterocycles. The Hall–Kier alpha value is -2.18. The third-order valence-corrected chi connectivity index (χ3v) is 7.50. The summed E-state index contributed by atoms with van der Waals surface area (Å²) in [5, 5.41) is 14.6. The number of carbonyl (C=O) groups excluding carboxylic acids is 2. The van der Waals surface area contributed by atoms with E-state index in [1.165, 1.54) is 39.5 Å². The lowest BCUT2D eigenvalue weighted by Gasteiger charge is -2.13. The number of aromatic nitrogens is 5. The van der Waals surface area contributed by atoms with Crippen molar-refractivity contribution in [2.75, 3.05) is 29.9 Å². The molecule has 9 nitrogen and oxygen atoms in total. The number of amides is 2. The standard InChI is InChI=1S/C17H19N7O2S3/c1-23-16(20-21-22-23)27-9-14(25)18-11-4-5-12-13(8-11)29-17(19-12)28-10-15(26)24-6-2-3-7-24/h4-5,8H,2-3,6-7,9-10H2,1H3,(H,18,25). The van der Waals surface area contributed by atoms with Crippen LogP contribution >= 0.6 is 34.9 Å². The molecule has 0 atom stereocenters. The van der Waals surface area contributed by atoms with E-state index in [1.54, 1.807) is 7.05 Å². The van der Waals surface area contributed by atoms with E-state index in [0.717, 1.165) is 40.5 Å². The summed E-state index contributed by atoms with van der Waals surface area (Å²) in [5.74, 6) is 0.676. The molecular weight excluding hydrogens is 430 g/mol. The molecule has 1 saturated heterocycles. The summed E-state index contributed by atoms with van der Waals surface area (Å²) in [7, 11) is 1.73. The van der Waals surface area contributed by atoms with E-state index < -0.39 is 0 Å².